The lowest BCUT2D eigenvalue weighted by molar-refractivity contribution is -0.130. The average molecular weight is 494 g/mol. The monoisotopic (exact) mass is 493 g/mol. The van der Waals surface area contributed by atoms with Gasteiger partial charge in [0.05, 0.1) is 17.3 Å². The Morgan fingerprint density at radius 1 is 1.00 bits per heavy atom. The van der Waals surface area contributed by atoms with Crippen LogP contribution in [0.25, 0.3) is 10.8 Å². The molecule has 2 atom stereocenters. The number of rotatable bonds is 8. The Morgan fingerprint density at radius 2 is 1.71 bits per heavy atom. The summed E-state index contributed by atoms with van der Waals surface area (Å²) >= 11 is 1.33. The van der Waals surface area contributed by atoms with Gasteiger partial charge in [-0.25, -0.2) is 13.2 Å². The Balaban J connectivity index is 1.56. The van der Waals surface area contributed by atoms with Crippen molar-refractivity contribution in [2.24, 2.45) is 0 Å². The molecule has 0 saturated carbocycles. The van der Waals surface area contributed by atoms with Crippen molar-refractivity contribution in [3.05, 3.63) is 103 Å². The molecule has 1 unspecified atom stereocenters. The second-order valence-corrected chi connectivity index (χ2v) is 10.6. The average Bonchev–Trinajstić information content (AvgIpc) is 2.87. The molecule has 6 nitrogen and oxygen atoms in total. The fourth-order valence-corrected chi connectivity index (χ4v) is 6.39. The minimum Gasteiger partial charge on any atom is -0.497 e. The van der Waals surface area contributed by atoms with Gasteiger partial charge in [0.15, 0.2) is 0 Å². The topological polar surface area (TPSA) is 81.7 Å². The first-order valence-electron chi connectivity index (χ1n) is 10.4. The lowest BCUT2D eigenvalue weighted by Gasteiger charge is -2.27. The molecule has 8 heteroatoms. The van der Waals surface area contributed by atoms with Crippen molar-refractivity contribution in [3.8, 4) is 11.5 Å². The lowest BCUT2D eigenvalue weighted by Crippen LogP contribution is -2.45. The van der Waals surface area contributed by atoms with Crippen LogP contribution >= 0.6 is 11.8 Å². The van der Waals surface area contributed by atoms with Crippen LogP contribution in [0, 0.1) is 0 Å². The highest BCUT2D eigenvalue weighted by atomic mass is 32.2. The van der Waals surface area contributed by atoms with Crippen LogP contribution in [0.4, 0.5) is 0 Å². The van der Waals surface area contributed by atoms with Crippen LogP contribution in [-0.2, 0) is 14.6 Å². The summed E-state index contributed by atoms with van der Waals surface area (Å²) in [4.78, 5) is 12.9. The lowest BCUT2D eigenvalue weighted by atomic mass is 10.1. The smallest absolute Gasteiger partial charge is 0.359 e. The van der Waals surface area contributed by atoms with Crippen molar-refractivity contribution in [2.75, 3.05) is 7.11 Å². The van der Waals surface area contributed by atoms with E-state index in [2.05, 4.69) is 11.9 Å². The van der Waals surface area contributed by atoms with Gasteiger partial charge < -0.3 is 14.8 Å². The number of carbonyl (C=O) groups is 1. The van der Waals surface area contributed by atoms with E-state index in [4.69, 9.17) is 9.47 Å². The Hall–Kier alpha value is -3.49. The summed E-state index contributed by atoms with van der Waals surface area (Å²) in [7, 11) is -2.39. The molecule has 0 saturated heterocycles. The molecule has 3 aromatic rings. The molecule has 34 heavy (non-hydrogen) atoms. The van der Waals surface area contributed by atoms with Gasteiger partial charge in [-0.2, -0.15) is 0 Å². The van der Waals surface area contributed by atoms with Crippen LogP contribution in [0.5, 0.6) is 11.5 Å². The molecule has 4 rings (SSSR count). The summed E-state index contributed by atoms with van der Waals surface area (Å²) in [5.41, 5.74) is -0.154. The van der Waals surface area contributed by atoms with E-state index in [1.54, 1.807) is 41.8 Å². The third-order valence-corrected chi connectivity index (χ3v) is 8.48. The Labute approximate surface area is 202 Å². The number of methoxy groups -OCH3 is 1. The minimum absolute atomic E-state index is 0.102. The van der Waals surface area contributed by atoms with E-state index in [9.17, 15) is 13.2 Å². The normalized spacial score (nSPS) is 16.1. The van der Waals surface area contributed by atoms with Crippen LogP contribution in [-0.4, -0.2) is 32.1 Å². The van der Waals surface area contributed by atoms with Gasteiger partial charge in [-0.05, 0) is 52.6 Å². The summed E-state index contributed by atoms with van der Waals surface area (Å²) in [6.07, 6.45) is 5.36. The van der Waals surface area contributed by atoms with Crippen molar-refractivity contribution in [3.63, 3.8) is 0 Å². The van der Waals surface area contributed by atoms with Gasteiger partial charge in [0, 0.05) is 0 Å². The van der Waals surface area contributed by atoms with Gasteiger partial charge >= 0.3 is 5.97 Å². The summed E-state index contributed by atoms with van der Waals surface area (Å²) in [6, 6.07) is 19.1. The van der Waals surface area contributed by atoms with Gasteiger partial charge in [0.25, 0.3) is 0 Å². The number of nitrogens with one attached hydrogen (secondary N) is 1. The number of thioether (sulfide) groups is 1. The Kier molecular flexibility index (Phi) is 7.09. The highest BCUT2D eigenvalue weighted by molar-refractivity contribution is 8.04. The van der Waals surface area contributed by atoms with E-state index in [1.165, 1.54) is 31.0 Å². The van der Waals surface area contributed by atoms with Crippen molar-refractivity contribution < 1.29 is 22.7 Å². The fraction of sp³-hybridized carbons (Fsp3) is 0.115. The molecule has 1 aliphatic rings. The second-order valence-electron chi connectivity index (χ2n) is 7.48. The van der Waals surface area contributed by atoms with Gasteiger partial charge in [0.1, 0.15) is 22.6 Å². The largest absolute Gasteiger partial charge is 0.497 e. The number of ether oxygens (including phenoxy) is 2. The summed E-state index contributed by atoms with van der Waals surface area (Å²) in [5.74, 6) is 0.128. The van der Waals surface area contributed by atoms with Crippen molar-refractivity contribution >= 4 is 38.3 Å². The van der Waals surface area contributed by atoms with Gasteiger partial charge in [0.2, 0.25) is 9.84 Å². The zero-order chi connectivity index (χ0) is 24.1. The SMILES string of the molecule is C=C(N[C@H](C1C=CC=CS1)S(=O)(=O)c1ccc(OC)cc1)C(=O)Oc1ccc2ccccc2c1. The zero-order valence-corrected chi connectivity index (χ0v) is 20.0. The van der Waals surface area contributed by atoms with Crippen LogP contribution in [0.15, 0.2) is 108 Å². The van der Waals surface area contributed by atoms with Crippen molar-refractivity contribution in [2.45, 2.75) is 15.5 Å². The number of esters is 1. The van der Waals surface area contributed by atoms with E-state index >= 15 is 0 Å². The minimum atomic E-state index is -3.90. The molecule has 1 aliphatic heterocycles. The third kappa shape index (κ3) is 5.18. The zero-order valence-electron chi connectivity index (χ0n) is 18.4. The molecule has 0 aromatic heterocycles. The van der Waals surface area contributed by atoms with Crippen molar-refractivity contribution in [1.82, 2.24) is 5.32 Å². The molecule has 0 aliphatic carbocycles. The first-order chi connectivity index (χ1) is 16.4. The number of fused-ring (bicyclic) bond motifs is 1. The van der Waals surface area contributed by atoms with Gasteiger partial charge in [-0.1, -0.05) is 55.1 Å². The highest BCUT2D eigenvalue weighted by Gasteiger charge is 2.35. The molecule has 0 fully saturated rings. The van der Waals surface area contributed by atoms with E-state index in [0.717, 1.165) is 10.8 Å². The van der Waals surface area contributed by atoms with Crippen LogP contribution in [0.2, 0.25) is 0 Å². The number of carbonyl (C=O) groups excluding carboxylic acids is 1. The Morgan fingerprint density at radius 3 is 2.38 bits per heavy atom. The number of benzene rings is 3. The first-order valence-corrected chi connectivity index (χ1v) is 12.9. The fourth-order valence-electron chi connectivity index (χ4n) is 3.45. The molecular weight excluding hydrogens is 470 g/mol. The summed E-state index contributed by atoms with van der Waals surface area (Å²) in [5, 5.41) is 4.92. The molecule has 0 bridgehead atoms. The predicted octanol–water partition coefficient (Wildman–Crippen LogP) is 4.84. The quantitative estimate of drug-likeness (QED) is 0.273. The van der Waals surface area contributed by atoms with Crippen molar-refractivity contribution in [1.29, 1.82) is 0 Å². The number of sulfone groups is 1. The second kappa shape index (κ2) is 10.2. The van der Waals surface area contributed by atoms with E-state index in [-0.39, 0.29) is 10.6 Å². The summed E-state index contributed by atoms with van der Waals surface area (Å²) in [6.45, 7) is 3.76. The van der Waals surface area contributed by atoms with Crippen LogP contribution in [0.1, 0.15) is 0 Å². The maximum absolute atomic E-state index is 13.5. The van der Waals surface area contributed by atoms with E-state index in [1.807, 2.05) is 36.4 Å². The molecule has 174 valence electrons. The predicted molar refractivity (Wildman–Crippen MR) is 135 cm³/mol. The maximum atomic E-state index is 13.5. The van der Waals surface area contributed by atoms with Crippen LogP contribution in [0.3, 0.4) is 0 Å². The number of hydrogen-bond donors (Lipinski definition) is 1. The van der Waals surface area contributed by atoms with Crippen LogP contribution < -0.4 is 14.8 Å². The third-order valence-electron chi connectivity index (χ3n) is 5.24. The van der Waals surface area contributed by atoms with E-state index in [0.29, 0.717) is 11.5 Å². The molecule has 0 radical (unpaired) electrons. The standard InChI is InChI=1S/C26H23NO5S2/c1-18(26(28)32-22-11-10-19-7-3-4-8-20(19)17-22)27-25(24-9-5-6-16-33-24)34(29,30)23-14-12-21(31-2)13-15-23/h3-17,24-25,27H,1H2,2H3/t24?,25-/m0/s1. The summed E-state index contributed by atoms with van der Waals surface area (Å²) < 4.78 is 37.7. The van der Waals surface area contributed by atoms with Gasteiger partial charge in [-0.3, -0.25) is 0 Å². The molecule has 0 spiro atoms. The maximum Gasteiger partial charge on any atom is 0.359 e. The molecule has 3 aromatic carbocycles. The Bertz CT molecular complexity index is 1380. The molecular formula is C26H23NO5S2. The number of hydrogen-bond acceptors (Lipinski definition) is 7. The highest BCUT2D eigenvalue weighted by Crippen LogP contribution is 2.29. The molecule has 1 heterocycles. The van der Waals surface area contributed by atoms with E-state index < -0.39 is 26.4 Å². The van der Waals surface area contributed by atoms with Gasteiger partial charge in [-0.15, -0.1) is 11.8 Å². The molecule has 1 N–H and O–H groups in total. The number of allylic oxidation sites excluding steroid dienone is 2. The first kappa shape index (κ1) is 23.7. The molecule has 0 amide bonds.